The molecule has 5 N–H and O–H groups in total. The number of nitrogens with zero attached hydrogens (tertiary/aromatic N) is 1. The zero-order valence-corrected chi connectivity index (χ0v) is 15.0. The van der Waals surface area contributed by atoms with Crippen LogP contribution in [-0.4, -0.2) is 34.5 Å². The maximum absolute atomic E-state index is 12.1. The number of phenolic OH excluding ortho intramolecular Hbond substituents is 1. The van der Waals surface area contributed by atoms with Gasteiger partial charge >= 0.3 is 5.97 Å². The van der Waals surface area contributed by atoms with E-state index in [1.807, 2.05) is 6.07 Å². The number of hydrogen-bond donors (Lipinski definition) is 4. The summed E-state index contributed by atoms with van der Waals surface area (Å²) in [5.74, 6) is -1.77. The van der Waals surface area contributed by atoms with Crippen molar-refractivity contribution in [2.24, 2.45) is 5.73 Å². The van der Waals surface area contributed by atoms with Crippen molar-refractivity contribution in [2.45, 2.75) is 19.3 Å². The Kier molecular flexibility index (Phi) is 5.75. The summed E-state index contributed by atoms with van der Waals surface area (Å²) in [5, 5.41) is 10.5. The number of amides is 2. The zero-order valence-electron chi connectivity index (χ0n) is 15.0. The summed E-state index contributed by atoms with van der Waals surface area (Å²) in [6.07, 6.45) is 0.759. The van der Waals surface area contributed by atoms with E-state index in [0.29, 0.717) is 29.4 Å². The van der Waals surface area contributed by atoms with Crippen LogP contribution in [0.2, 0.25) is 0 Å². The zero-order chi connectivity index (χ0) is 20.1. The molecule has 0 unspecified atom stereocenters. The van der Waals surface area contributed by atoms with Crippen LogP contribution in [0.15, 0.2) is 42.5 Å². The maximum atomic E-state index is 12.1. The lowest BCUT2D eigenvalue weighted by atomic mass is 10.1. The number of nitrogens with two attached hydrogens (primary N) is 1. The van der Waals surface area contributed by atoms with E-state index in [1.165, 1.54) is 12.1 Å². The van der Waals surface area contributed by atoms with Crippen LogP contribution in [0.1, 0.15) is 28.8 Å². The van der Waals surface area contributed by atoms with Gasteiger partial charge in [-0.3, -0.25) is 15.0 Å². The van der Waals surface area contributed by atoms with Crippen molar-refractivity contribution >= 4 is 29.2 Å². The summed E-state index contributed by atoms with van der Waals surface area (Å²) < 4.78 is 0. The Morgan fingerprint density at radius 3 is 2.36 bits per heavy atom. The second kappa shape index (κ2) is 8.40. The highest BCUT2D eigenvalue weighted by Gasteiger charge is 2.33. The van der Waals surface area contributed by atoms with Gasteiger partial charge in [0.1, 0.15) is 5.75 Å². The van der Waals surface area contributed by atoms with E-state index in [0.717, 1.165) is 5.56 Å². The molecular formula is C19H20N4O5. The molecule has 9 heteroatoms. The molecule has 0 radical (unpaired) electrons. The van der Waals surface area contributed by atoms with Gasteiger partial charge in [0.15, 0.2) is 0 Å². The van der Waals surface area contributed by atoms with Crippen molar-refractivity contribution in [1.82, 2.24) is 5.06 Å². The summed E-state index contributed by atoms with van der Waals surface area (Å²) in [4.78, 5) is 39.9. The molecule has 28 heavy (non-hydrogen) atoms. The first-order valence-electron chi connectivity index (χ1n) is 8.70. The molecule has 0 aromatic heterocycles. The Morgan fingerprint density at radius 1 is 1.07 bits per heavy atom. The van der Waals surface area contributed by atoms with E-state index < -0.39 is 17.8 Å². The second-order valence-corrected chi connectivity index (χ2v) is 6.18. The van der Waals surface area contributed by atoms with Gasteiger partial charge in [0.2, 0.25) is 0 Å². The van der Waals surface area contributed by atoms with Gasteiger partial charge in [-0.05, 0) is 54.9 Å². The smallest absolute Gasteiger partial charge is 0.363 e. The number of anilines is 2. The first kappa shape index (κ1) is 19.2. The van der Waals surface area contributed by atoms with E-state index in [1.54, 1.807) is 24.3 Å². The number of imide groups is 1. The topological polar surface area (TPSA) is 134 Å². The number of carbonyl (C=O) groups excluding carboxylic acids is 3. The Labute approximate surface area is 161 Å². The van der Waals surface area contributed by atoms with E-state index in [4.69, 9.17) is 10.6 Å². The number of hydrazine groups is 1. The largest absolute Gasteiger partial charge is 0.506 e. The quantitative estimate of drug-likeness (QED) is 0.321. The lowest BCUT2D eigenvalue weighted by Gasteiger charge is -2.14. The van der Waals surface area contributed by atoms with Gasteiger partial charge in [-0.2, -0.15) is 0 Å². The molecule has 146 valence electrons. The number of hydroxylamine groups is 2. The van der Waals surface area contributed by atoms with Crippen molar-refractivity contribution in [3.05, 3.63) is 53.6 Å². The number of hydrogen-bond acceptors (Lipinski definition) is 8. The molecular weight excluding hydrogens is 364 g/mol. The average molecular weight is 384 g/mol. The van der Waals surface area contributed by atoms with Crippen molar-refractivity contribution in [2.75, 3.05) is 17.4 Å². The minimum Gasteiger partial charge on any atom is -0.506 e. The summed E-state index contributed by atoms with van der Waals surface area (Å²) in [6.45, 7) is 0.499. The molecule has 2 amide bonds. The van der Waals surface area contributed by atoms with E-state index >= 15 is 0 Å². The number of benzene rings is 2. The molecule has 1 aliphatic heterocycles. The van der Waals surface area contributed by atoms with Gasteiger partial charge in [-0.25, -0.2) is 4.79 Å². The summed E-state index contributed by atoms with van der Waals surface area (Å²) in [5.41, 5.74) is 13.5. The highest BCUT2D eigenvalue weighted by atomic mass is 16.7. The Balaban J connectivity index is 1.58. The lowest BCUT2D eigenvalue weighted by molar-refractivity contribution is -0.172. The molecule has 3 rings (SSSR count). The highest BCUT2D eigenvalue weighted by molar-refractivity contribution is 6.02. The van der Waals surface area contributed by atoms with Crippen LogP contribution in [0.4, 0.5) is 11.4 Å². The van der Waals surface area contributed by atoms with Gasteiger partial charge < -0.3 is 21.1 Å². The fourth-order valence-electron chi connectivity index (χ4n) is 2.63. The van der Waals surface area contributed by atoms with Gasteiger partial charge in [0.25, 0.3) is 11.8 Å². The van der Waals surface area contributed by atoms with E-state index in [2.05, 4.69) is 10.9 Å². The van der Waals surface area contributed by atoms with Crippen molar-refractivity contribution in [3.8, 4) is 5.75 Å². The monoisotopic (exact) mass is 384 g/mol. The molecule has 1 saturated heterocycles. The summed E-state index contributed by atoms with van der Waals surface area (Å²) in [7, 11) is 0. The molecule has 2 aromatic carbocycles. The highest BCUT2D eigenvalue weighted by Crippen LogP contribution is 2.24. The van der Waals surface area contributed by atoms with E-state index in [-0.39, 0.29) is 24.2 Å². The minimum absolute atomic E-state index is 0.0423. The Bertz CT molecular complexity index is 882. The van der Waals surface area contributed by atoms with Crippen LogP contribution in [0.25, 0.3) is 0 Å². The molecule has 0 spiro atoms. The first-order valence-corrected chi connectivity index (χ1v) is 8.70. The standard InChI is InChI=1S/C19H20N4O5/c20-10-9-12-1-6-15(16(24)11-12)22-21-14-4-2-13(3-5-14)19(27)28-23-17(25)7-8-18(23)26/h1-6,11,21-22,24H,7-10,20H2. The molecule has 1 heterocycles. The van der Waals surface area contributed by atoms with Crippen molar-refractivity contribution in [3.63, 3.8) is 0 Å². The third-order valence-electron chi connectivity index (χ3n) is 4.14. The van der Waals surface area contributed by atoms with Gasteiger partial charge in [-0.1, -0.05) is 6.07 Å². The molecule has 2 aromatic rings. The Hall–Kier alpha value is -3.59. The van der Waals surface area contributed by atoms with E-state index in [9.17, 15) is 19.5 Å². The van der Waals surface area contributed by atoms with Crippen molar-refractivity contribution < 1.29 is 24.3 Å². The minimum atomic E-state index is -0.795. The van der Waals surface area contributed by atoms with Crippen LogP contribution in [0.3, 0.4) is 0 Å². The predicted molar refractivity (Wildman–Crippen MR) is 101 cm³/mol. The average Bonchev–Trinajstić information content (AvgIpc) is 3.00. The van der Waals surface area contributed by atoms with Gasteiger partial charge in [0, 0.05) is 12.8 Å². The van der Waals surface area contributed by atoms with Gasteiger partial charge in [0.05, 0.1) is 16.9 Å². The predicted octanol–water partition coefficient (Wildman–Crippen LogP) is 1.55. The molecule has 0 bridgehead atoms. The number of rotatable bonds is 7. The van der Waals surface area contributed by atoms with Crippen LogP contribution >= 0.6 is 0 Å². The number of aromatic hydroxyl groups is 1. The summed E-state index contributed by atoms with van der Waals surface area (Å²) in [6, 6.07) is 11.4. The SMILES string of the molecule is NCCc1ccc(NNc2ccc(C(=O)ON3C(=O)CCC3=O)cc2)c(O)c1. The molecule has 0 aliphatic carbocycles. The molecule has 1 aliphatic rings. The third-order valence-corrected chi connectivity index (χ3v) is 4.14. The summed E-state index contributed by atoms with van der Waals surface area (Å²) >= 11 is 0. The molecule has 9 nitrogen and oxygen atoms in total. The van der Waals surface area contributed by atoms with Gasteiger partial charge in [-0.15, -0.1) is 5.06 Å². The fraction of sp³-hybridized carbons (Fsp3) is 0.211. The molecule has 1 fully saturated rings. The van der Waals surface area contributed by atoms with Crippen LogP contribution in [0, 0.1) is 0 Å². The Morgan fingerprint density at radius 2 is 1.75 bits per heavy atom. The van der Waals surface area contributed by atoms with Crippen LogP contribution in [0.5, 0.6) is 5.75 Å². The van der Waals surface area contributed by atoms with Crippen LogP contribution < -0.4 is 16.6 Å². The number of phenols is 1. The van der Waals surface area contributed by atoms with Crippen LogP contribution in [-0.2, 0) is 20.8 Å². The van der Waals surface area contributed by atoms with Crippen molar-refractivity contribution in [1.29, 1.82) is 0 Å². The third kappa shape index (κ3) is 4.38. The molecule has 0 atom stereocenters. The fourth-order valence-corrected chi connectivity index (χ4v) is 2.63. The number of carbonyl (C=O) groups is 3. The first-order chi connectivity index (χ1) is 13.5. The maximum Gasteiger partial charge on any atom is 0.363 e. The molecule has 0 saturated carbocycles. The second-order valence-electron chi connectivity index (χ2n) is 6.18. The number of nitrogens with one attached hydrogen (secondary N) is 2. The normalized spacial score (nSPS) is 13.5. The lowest BCUT2D eigenvalue weighted by Crippen LogP contribution is -2.32.